The third kappa shape index (κ3) is 3.87. The number of carbonyl (C=O) groups excluding carboxylic acids is 2. The second-order valence-electron chi connectivity index (χ2n) is 11.0. The highest BCUT2D eigenvalue weighted by Crippen LogP contribution is 2.47. The van der Waals surface area contributed by atoms with E-state index in [-0.39, 0.29) is 29.6 Å². The number of anilines is 1. The van der Waals surface area contributed by atoms with Gasteiger partial charge in [-0.1, -0.05) is 36.4 Å². The number of ether oxygens (including phenoxy) is 1. The Bertz CT molecular complexity index is 1630. The Morgan fingerprint density at radius 2 is 1.43 bits per heavy atom. The van der Waals surface area contributed by atoms with Crippen molar-refractivity contribution in [1.82, 2.24) is 14.9 Å². The predicted octanol–water partition coefficient (Wildman–Crippen LogP) is 5.62. The molecule has 7 nitrogen and oxygen atoms in total. The van der Waals surface area contributed by atoms with Gasteiger partial charge in [0, 0.05) is 71.4 Å². The molecule has 2 amide bonds. The van der Waals surface area contributed by atoms with E-state index in [1.165, 1.54) is 21.9 Å². The highest BCUT2D eigenvalue weighted by atomic mass is 16.5. The number of carbonyl (C=O) groups is 2. The van der Waals surface area contributed by atoms with Gasteiger partial charge in [-0.15, -0.1) is 0 Å². The van der Waals surface area contributed by atoms with E-state index in [0.29, 0.717) is 19.6 Å². The Hall–Kier alpha value is -4.52. The Labute approximate surface area is 232 Å². The second kappa shape index (κ2) is 9.59. The number of hydrogen-bond donors (Lipinski definition) is 2. The Kier molecular flexibility index (Phi) is 5.88. The van der Waals surface area contributed by atoms with Gasteiger partial charge in [0.1, 0.15) is 5.75 Å². The number of fused-ring (bicyclic) bond motifs is 2. The Morgan fingerprint density at radius 3 is 2.00 bits per heavy atom. The smallest absolute Gasteiger partial charge is 0.228 e. The standard InChI is InChI=1S/C33H32N4O3/c1-40-24-12-10-23(11-13-24)37-21-22(18-31(37)38)32(39)36-16-14-33(15-17-36,27-19-34-29-8-4-2-6-25(27)29)28-20-35-30-9-5-3-7-26(28)30/h2-13,19-20,22,34-35H,14-18,21H2,1H3/t22-/m0/s1. The number of benzene rings is 3. The molecule has 4 heterocycles. The second-order valence-corrected chi connectivity index (χ2v) is 11.0. The van der Waals surface area contributed by atoms with Crippen LogP contribution in [0.2, 0.25) is 0 Å². The number of piperidine rings is 1. The number of hydrogen-bond acceptors (Lipinski definition) is 3. The molecule has 0 aliphatic carbocycles. The van der Waals surface area contributed by atoms with Crippen LogP contribution in [0.4, 0.5) is 5.69 Å². The van der Waals surface area contributed by atoms with Crippen LogP contribution in [0.5, 0.6) is 5.75 Å². The summed E-state index contributed by atoms with van der Waals surface area (Å²) in [5, 5.41) is 2.45. The molecule has 202 valence electrons. The van der Waals surface area contributed by atoms with E-state index < -0.39 is 0 Å². The summed E-state index contributed by atoms with van der Waals surface area (Å²) >= 11 is 0. The van der Waals surface area contributed by atoms with Crippen molar-refractivity contribution in [3.8, 4) is 5.75 Å². The number of H-pyrrole nitrogens is 2. The van der Waals surface area contributed by atoms with Gasteiger partial charge in [-0.25, -0.2) is 0 Å². The third-order valence-corrected chi connectivity index (χ3v) is 9.00. The lowest BCUT2D eigenvalue weighted by Crippen LogP contribution is -2.47. The normalized spacial score (nSPS) is 19.0. The Morgan fingerprint density at radius 1 is 0.850 bits per heavy atom. The van der Waals surface area contributed by atoms with E-state index in [9.17, 15) is 9.59 Å². The zero-order valence-electron chi connectivity index (χ0n) is 22.5. The van der Waals surface area contributed by atoms with Crippen LogP contribution < -0.4 is 9.64 Å². The van der Waals surface area contributed by atoms with E-state index >= 15 is 0 Å². The number of methoxy groups -OCH3 is 1. The van der Waals surface area contributed by atoms with Crippen LogP contribution in [0.15, 0.2) is 85.2 Å². The lowest BCUT2D eigenvalue weighted by atomic mass is 9.67. The predicted molar refractivity (Wildman–Crippen MR) is 157 cm³/mol. The molecule has 0 unspecified atom stereocenters. The third-order valence-electron chi connectivity index (χ3n) is 9.00. The van der Waals surface area contributed by atoms with Gasteiger partial charge in [-0.2, -0.15) is 0 Å². The summed E-state index contributed by atoms with van der Waals surface area (Å²) in [5.74, 6) is 0.483. The fourth-order valence-electron chi connectivity index (χ4n) is 6.87. The zero-order valence-corrected chi connectivity index (χ0v) is 22.5. The summed E-state index contributed by atoms with van der Waals surface area (Å²) in [5.41, 5.74) is 5.37. The number of para-hydroxylation sites is 2. The maximum absolute atomic E-state index is 13.7. The summed E-state index contributed by atoms with van der Waals surface area (Å²) in [7, 11) is 1.62. The fraction of sp³-hybridized carbons (Fsp3) is 0.273. The highest BCUT2D eigenvalue weighted by Gasteiger charge is 2.44. The van der Waals surface area contributed by atoms with Crippen LogP contribution in [0.25, 0.3) is 21.8 Å². The van der Waals surface area contributed by atoms with E-state index in [4.69, 9.17) is 4.74 Å². The number of aromatic nitrogens is 2. The van der Waals surface area contributed by atoms with E-state index in [1.54, 1.807) is 12.0 Å². The molecule has 2 aliphatic heterocycles. The highest BCUT2D eigenvalue weighted by molar-refractivity contribution is 6.00. The van der Waals surface area contributed by atoms with Crippen molar-refractivity contribution in [3.05, 3.63) is 96.3 Å². The first kappa shape index (κ1) is 24.5. The zero-order chi connectivity index (χ0) is 27.3. The number of aromatic amines is 2. The summed E-state index contributed by atoms with van der Waals surface area (Å²) in [6, 6.07) is 24.3. The molecular weight excluding hydrogens is 500 g/mol. The van der Waals surface area contributed by atoms with Crippen LogP contribution in [0.3, 0.4) is 0 Å². The Balaban J connectivity index is 1.16. The lowest BCUT2D eigenvalue weighted by molar-refractivity contribution is -0.137. The van der Waals surface area contributed by atoms with Crippen LogP contribution in [-0.2, 0) is 15.0 Å². The topological polar surface area (TPSA) is 81.4 Å². The molecule has 2 fully saturated rings. The molecule has 1 atom stereocenters. The monoisotopic (exact) mass is 532 g/mol. The minimum absolute atomic E-state index is 0.00698. The molecule has 2 N–H and O–H groups in total. The first-order chi connectivity index (χ1) is 19.6. The van der Waals surface area contributed by atoms with Gasteiger partial charge in [0.25, 0.3) is 0 Å². The van der Waals surface area contributed by atoms with E-state index in [2.05, 4.69) is 70.9 Å². The molecule has 3 aromatic carbocycles. The van der Waals surface area contributed by atoms with Crippen molar-refractivity contribution in [2.75, 3.05) is 31.6 Å². The molecular formula is C33H32N4O3. The fourth-order valence-corrected chi connectivity index (χ4v) is 6.87. The average Bonchev–Trinajstić information content (AvgIpc) is 3.74. The van der Waals surface area contributed by atoms with E-state index in [1.807, 2.05) is 29.2 Å². The summed E-state index contributed by atoms with van der Waals surface area (Å²) < 4.78 is 5.25. The minimum Gasteiger partial charge on any atom is -0.497 e. The molecule has 40 heavy (non-hydrogen) atoms. The number of amides is 2. The summed E-state index contributed by atoms with van der Waals surface area (Å²) in [4.78, 5) is 37.3. The number of nitrogens with one attached hydrogen (secondary N) is 2. The van der Waals surface area contributed by atoms with Gasteiger partial charge >= 0.3 is 0 Å². The lowest BCUT2D eigenvalue weighted by Gasteiger charge is -2.43. The molecule has 0 saturated carbocycles. The maximum atomic E-state index is 13.7. The van der Waals surface area contributed by atoms with Crippen LogP contribution in [0, 0.1) is 5.92 Å². The van der Waals surface area contributed by atoms with Crippen LogP contribution >= 0.6 is 0 Å². The van der Waals surface area contributed by atoms with Crippen LogP contribution in [0.1, 0.15) is 30.4 Å². The molecule has 5 aromatic rings. The van der Waals surface area contributed by atoms with Gasteiger partial charge in [0.2, 0.25) is 11.8 Å². The number of rotatable bonds is 5. The average molecular weight is 533 g/mol. The summed E-state index contributed by atoms with van der Waals surface area (Å²) in [6.07, 6.45) is 6.19. The molecule has 2 aromatic heterocycles. The molecule has 7 heteroatoms. The number of likely N-dealkylation sites (tertiary alicyclic amines) is 1. The molecule has 7 rings (SSSR count). The first-order valence-corrected chi connectivity index (χ1v) is 13.9. The van der Waals surface area contributed by atoms with Crippen molar-refractivity contribution >= 4 is 39.3 Å². The quantitative estimate of drug-likeness (QED) is 0.308. The minimum atomic E-state index is -0.330. The largest absolute Gasteiger partial charge is 0.497 e. The molecule has 2 saturated heterocycles. The molecule has 2 aliphatic rings. The summed E-state index contributed by atoms with van der Waals surface area (Å²) in [6.45, 7) is 1.70. The van der Waals surface area contributed by atoms with Gasteiger partial charge in [-0.3, -0.25) is 9.59 Å². The van der Waals surface area contributed by atoms with Crippen molar-refractivity contribution in [1.29, 1.82) is 0 Å². The van der Waals surface area contributed by atoms with Gasteiger partial charge < -0.3 is 24.5 Å². The molecule has 0 radical (unpaired) electrons. The van der Waals surface area contributed by atoms with Crippen molar-refractivity contribution in [3.63, 3.8) is 0 Å². The molecule has 0 bridgehead atoms. The molecule has 0 spiro atoms. The first-order valence-electron chi connectivity index (χ1n) is 13.9. The SMILES string of the molecule is COc1ccc(N2C[C@@H](C(=O)N3CCC(c4c[nH]c5ccccc45)(c4c[nH]c5ccccc45)CC3)CC2=O)cc1. The van der Waals surface area contributed by atoms with Crippen molar-refractivity contribution in [2.24, 2.45) is 5.92 Å². The van der Waals surface area contributed by atoms with Crippen molar-refractivity contribution in [2.45, 2.75) is 24.7 Å². The maximum Gasteiger partial charge on any atom is 0.228 e. The number of nitrogens with zero attached hydrogens (tertiary/aromatic N) is 2. The van der Waals surface area contributed by atoms with Crippen molar-refractivity contribution < 1.29 is 14.3 Å². The van der Waals surface area contributed by atoms with Gasteiger partial charge in [0.15, 0.2) is 0 Å². The van der Waals surface area contributed by atoms with Crippen LogP contribution in [-0.4, -0.2) is 53.4 Å². The van der Waals surface area contributed by atoms with Gasteiger partial charge in [0.05, 0.1) is 13.0 Å². The van der Waals surface area contributed by atoms with Gasteiger partial charge in [-0.05, 0) is 60.4 Å². The van der Waals surface area contributed by atoms with E-state index in [0.717, 1.165) is 35.3 Å².